The van der Waals surface area contributed by atoms with Gasteiger partial charge in [-0.2, -0.15) is 0 Å². The lowest BCUT2D eigenvalue weighted by molar-refractivity contribution is -0.122. The molecule has 1 unspecified atom stereocenters. The first-order valence-corrected chi connectivity index (χ1v) is 9.72. The van der Waals surface area contributed by atoms with Crippen molar-refractivity contribution in [3.63, 3.8) is 0 Å². The third kappa shape index (κ3) is 3.94. The summed E-state index contributed by atoms with van der Waals surface area (Å²) in [4.78, 5) is 41.1. The van der Waals surface area contributed by atoms with Gasteiger partial charge >= 0.3 is 0 Å². The number of hydrogen-bond donors (Lipinski definition) is 0. The molecule has 3 rings (SSSR count). The second-order valence-electron chi connectivity index (χ2n) is 6.24. The Hall–Kier alpha value is -2.68. The minimum atomic E-state index is -0.862. The molecule has 6 nitrogen and oxygen atoms in total. The molecule has 2 aromatic carbocycles. The maximum absolute atomic E-state index is 13.0. The fourth-order valence-electron chi connectivity index (χ4n) is 3.11. The topological polar surface area (TPSA) is 66.9 Å². The second-order valence-corrected chi connectivity index (χ2v) is 7.48. The molecule has 1 saturated heterocycles. The summed E-state index contributed by atoms with van der Waals surface area (Å²) in [6.45, 7) is 3.84. The first-order chi connectivity index (χ1) is 13.5. The van der Waals surface area contributed by atoms with Crippen molar-refractivity contribution in [2.24, 2.45) is 0 Å². The molecule has 0 saturated carbocycles. The molecule has 1 atom stereocenters. The fraction of sp³-hybridized carbons (Fsp3) is 0.190. The van der Waals surface area contributed by atoms with Gasteiger partial charge in [0.15, 0.2) is 0 Å². The minimum Gasteiger partial charge on any atom is -0.497 e. The van der Waals surface area contributed by atoms with Gasteiger partial charge in [0.25, 0.3) is 11.8 Å². The SMILES string of the molecule is C=CCN(C(=O)c1ccc(OC)cc1)C1CC(=O)N(c2ccc(I)cc2)C1=O. The lowest BCUT2D eigenvalue weighted by atomic mass is 10.1. The zero-order valence-corrected chi connectivity index (χ0v) is 17.5. The Morgan fingerprint density at radius 3 is 2.43 bits per heavy atom. The monoisotopic (exact) mass is 490 g/mol. The van der Waals surface area contributed by atoms with Crippen LogP contribution in [-0.4, -0.2) is 42.3 Å². The van der Waals surface area contributed by atoms with E-state index < -0.39 is 11.9 Å². The van der Waals surface area contributed by atoms with Crippen molar-refractivity contribution in [3.05, 3.63) is 70.3 Å². The zero-order chi connectivity index (χ0) is 20.3. The summed E-state index contributed by atoms with van der Waals surface area (Å²) in [5.74, 6) is -0.440. The quantitative estimate of drug-likeness (QED) is 0.354. The predicted molar refractivity (Wildman–Crippen MR) is 114 cm³/mol. The van der Waals surface area contributed by atoms with Crippen LogP contribution in [0.2, 0.25) is 0 Å². The number of benzene rings is 2. The summed E-state index contributed by atoms with van der Waals surface area (Å²) in [5, 5.41) is 0. The van der Waals surface area contributed by atoms with Gasteiger partial charge < -0.3 is 9.64 Å². The second kappa shape index (κ2) is 8.55. The summed E-state index contributed by atoms with van der Waals surface area (Å²) in [6.07, 6.45) is 1.49. The van der Waals surface area contributed by atoms with Gasteiger partial charge in [0, 0.05) is 15.7 Å². The molecular weight excluding hydrogens is 471 g/mol. The van der Waals surface area contributed by atoms with E-state index in [0.29, 0.717) is 17.0 Å². The molecule has 1 aliphatic heterocycles. The zero-order valence-electron chi connectivity index (χ0n) is 15.3. The largest absolute Gasteiger partial charge is 0.497 e. The normalized spacial score (nSPS) is 16.2. The number of methoxy groups -OCH3 is 1. The number of carbonyl (C=O) groups is 3. The molecule has 0 N–H and O–H groups in total. The molecule has 1 fully saturated rings. The van der Waals surface area contributed by atoms with Crippen LogP contribution in [-0.2, 0) is 9.59 Å². The number of anilines is 1. The van der Waals surface area contributed by atoms with Crippen molar-refractivity contribution in [1.29, 1.82) is 0 Å². The Balaban J connectivity index is 1.88. The molecule has 7 heteroatoms. The molecule has 3 amide bonds. The number of amides is 3. The summed E-state index contributed by atoms with van der Waals surface area (Å²) < 4.78 is 6.11. The number of nitrogens with zero attached hydrogens (tertiary/aromatic N) is 2. The van der Waals surface area contributed by atoms with Crippen LogP contribution in [0.15, 0.2) is 61.2 Å². The molecule has 0 radical (unpaired) electrons. The number of carbonyl (C=O) groups excluding carboxylic acids is 3. The van der Waals surface area contributed by atoms with E-state index in [2.05, 4.69) is 29.2 Å². The van der Waals surface area contributed by atoms with Crippen molar-refractivity contribution in [3.8, 4) is 5.75 Å². The molecule has 144 valence electrons. The first kappa shape index (κ1) is 20.1. The molecule has 1 heterocycles. The third-order valence-corrected chi connectivity index (χ3v) is 5.23. The summed E-state index contributed by atoms with van der Waals surface area (Å²) in [6, 6.07) is 12.9. The highest BCUT2D eigenvalue weighted by molar-refractivity contribution is 14.1. The number of ether oxygens (including phenoxy) is 1. The number of halogens is 1. The summed E-state index contributed by atoms with van der Waals surface area (Å²) in [7, 11) is 1.54. The van der Waals surface area contributed by atoms with Crippen LogP contribution in [0.25, 0.3) is 0 Å². The Labute approximate surface area is 176 Å². The van der Waals surface area contributed by atoms with Crippen molar-refractivity contribution in [1.82, 2.24) is 4.90 Å². The fourth-order valence-corrected chi connectivity index (χ4v) is 3.47. The Morgan fingerprint density at radius 2 is 1.86 bits per heavy atom. The molecule has 0 bridgehead atoms. The van der Waals surface area contributed by atoms with Crippen molar-refractivity contribution in [2.45, 2.75) is 12.5 Å². The van der Waals surface area contributed by atoms with E-state index in [9.17, 15) is 14.4 Å². The van der Waals surface area contributed by atoms with Gasteiger partial charge in [-0.15, -0.1) is 6.58 Å². The average molecular weight is 490 g/mol. The molecule has 0 spiro atoms. The van der Waals surface area contributed by atoms with Crippen LogP contribution in [0.3, 0.4) is 0 Å². The van der Waals surface area contributed by atoms with Crippen molar-refractivity contribution in [2.75, 3.05) is 18.6 Å². The lowest BCUT2D eigenvalue weighted by Crippen LogP contribution is -2.45. The van der Waals surface area contributed by atoms with Gasteiger partial charge in [0.05, 0.1) is 19.2 Å². The van der Waals surface area contributed by atoms with Crippen LogP contribution in [0.1, 0.15) is 16.8 Å². The van der Waals surface area contributed by atoms with E-state index in [-0.39, 0.29) is 24.8 Å². The molecule has 28 heavy (non-hydrogen) atoms. The first-order valence-electron chi connectivity index (χ1n) is 8.64. The van der Waals surface area contributed by atoms with Gasteiger partial charge in [-0.3, -0.25) is 14.4 Å². The van der Waals surface area contributed by atoms with Crippen molar-refractivity contribution < 1.29 is 19.1 Å². The maximum Gasteiger partial charge on any atom is 0.257 e. The number of rotatable bonds is 6. The highest BCUT2D eigenvalue weighted by Gasteiger charge is 2.44. The number of hydrogen-bond acceptors (Lipinski definition) is 4. The van der Waals surface area contributed by atoms with E-state index in [1.165, 1.54) is 4.90 Å². The highest BCUT2D eigenvalue weighted by atomic mass is 127. The molecule has 1 aliphatic rings. The van der Waals surface area contributed by atoms with Crippen LogP contribution in [0.4, 0.5) is 5.69 Å². The number of imide groups is 1. The van der Waals surface area contributed by atoms with Crippen LogP contribution in [0.5, 0.6) is 5.75 Å². The van der Waals surface area contributed by atoms with Crippen LogP contribution in [0, 0.1) is 3.57 Å². The van der Waals surface area contributed by atoms with Gasteiger partial charge in [-0.25, -0.2) is 4.90 Å². The standard InChI is InChI=1S/C21H19IN2O4/c1-3-12-23(20(26)14-4-10-17(28-2)11-5-14)18-13-19(25)24(21(18)27)16-8-6-15(22)7-9-16/h3-11,18H,1,12-13H2,2H3. The smallest absolute Gasteiger partial charge is 0.257 e. The minimum absolute atomic E-state index is 0.0550. The third-order valence-electron chi connectivity index (χ3n) is 4.51. The molecule has 0 aromatic heterocycles. The van der Waals surface area contributed by atoms with Crippen molar-refractivity contribution >= 4 is 46.0 Å². The van der Waals surface area contributed by atoms with E-state index in [1.54, 1.807) is 49.6 Å². The maximum atomic E-state index is 13.0. The predicted octanol–water partition coefficient (Wildman–Crippen LogP) is 3.26. The molecule has 2 aromatic rings. The Kier molecular flexibility index (Phi) is 6.13. The van der Waals surface area contributed by atoms with E-state index in [1.807, 2.05) is 12.1 Å². The lowest BCUT2D eigenvalue weighted by Gasteiger charge is -2.26. The van der Waals surface area contributed by atoms with Gasteiger partial charge in [-0.05, 0) is 71.1 Å². The summed E-state index contributed by atoms with van der Waals surface area (Å²) in [5.41, 5.74) is 0.920. The van der Waals surface area contributed by atoms with Gasteiger partial charge in [-0.1, -0.05) is 6.08 Å². The molecule has 0 aliphatic carbocycles. The summed E-state index contributed by atoms with van der Waals surface area (Å²) >= 11 is 2.15. The van der Waals surface area contributed by atoms with E-state index in [4.69, 9.17) is 4.74 Å². The van der Waals surface area contributed by atoms with E-state index >= 15 is 0 Å². The van der Waals surface area contributed by atoms with Crippen LogP contribution >= 0.6 is 22.6 Å². The van der Waals surface area contributed by atoms with Gasteiger partial charge in [0.2, 0.25) is 5.91 Å². The Morgan fingerprint density at radius 1 is 1.21 bits per heavy atom. The van der Waals surface area contributed by atoms with Gasteiger partial charge in [0.1, 0.15) is 11.8 Å². The van der Waals surface area contributed by atoms with Crippen LogP contribution < -0.4 is 9.64 Å². The van der Waals surface area contributed by atoms with E-state index in [0.717, 1.165) is 8.47 Å². The Bertz CT molecular complexity index is 909. The average Bonchev–Trinajstić information content (AvgIpc) is 3.00. The molecular formula is C21H19IN2O4. The highest BCUT2D eigenvalue weighted by Crippen LogP contribution is 2.27.